The van der Waals surface area contributed by atoms with Crippen LogP contribution in [0.2, 0.25) is 0 Å². The van der Waals surface area contributed by atoms with Crippen molar-refractivity contribution in [2.75, 3.05) is 39.9 Å². The van der Waals surface area contributed by atoms with E-state index in [0.29, 0.717) is 12.6 Å². The summed E-state index contributed by atoms with van der Waals surface area (Å²) in [5.41, 5.74) is 1.22. The van der Waals surface area contributed by atoms with Gasteiger partial charge in [0.15, 0.2) is 0 Å². The number of likely N-dealkylation sites (tertiary alicyclic amines) is 1. The number of amides is 2. The molecular formula is C19H25N3O2. The second kappa shape index (κ2) is 6.20. The molecular weight excluding hydrogens is 302 g/mol. The second-order valence-corrected chi connectivity index (χ2v) is 7.58. The summed E-state index contributed by atoms with van der Waals surface area (Å²) in [7, 11) is 2.07. The van der Waals surface area contributed by atoms with Crippen molar-refractivity contribution in [1.29, 1.82) is 0 Å². The number of rotatable bonds is 4. The molecule has 2 saturated heterocycles. The fourth-order valence-electron chi connectivity index (χ4n) is 4.04. The first-order valence-electron chi connectivity index (χ1n) is 8.92. The molecule has 5 nitrogen and oxygen atoms in total. The van der Waals surface area contributed by atoms with Crippen LogP contribution >= 0.6 is 0 Å². The Labute approximate surface area is 143 Å². The van der Waals surface area contributed by atoms with Gasteiger partial charge in [-0.2, -0.15) is 0 Å². The molecule has 1 aromatic carbocycles. The summed E-state index contributed by atoms with van der Waals surface area (Å²) in [5, 5.41) is 0. The van der Waals surface area contributed by atoms with Crippen LogP contribution in [0.1, 0.15) is 24.3 Å². The van der Waals surface area contributed by atoms with Gasteiger partial charge in [-0.3, -0.25) is 9.59 Å². The summed E-state index contributed by atoms with van der Waals surface area (Å²) < 4.78 is 0. The van der Waals surface area contributed by atoms with E-state index in [1.165, 1.54) is 18.4 Å². The van der Waals surface area contributed by atoms with Gasteiger partial charge in [-0.15, -0.1) is 0 Å². The first-order chi connectivity index (χ1) is 11.6. The van der Waals surface area contributed by atoms with E-state index in [0.717, 1.165) is 19.6 Å². The molecule has 24 heavy (non-hydrogen) atoms. The Morgan fingerprint density at radius 1 is 1.17 bits per heavy atom. The second-order valence-electron chi connectivity index (χ2n) is 7.58. The monoisotopic (exact) mass is 327 g/mol. The topological polar surface area (TPSA) is 43.9 Å². The first kappa shape index (κ1) is 15.6. The highest BCUT2D eigenvalue weighted by Gasteiger charge is 2.42. The van der Waals surface area contributed by atoms with E-state index in [4.69, 9.17) is 0 Å². The molecule has 1 saturated carbocycles. The highest BCUT2D eigenvalue weighted by atomic mass is 16.2. The van der Waals surface area contributed by atoms with Gasteiger partial charge < -0.3 is 14.7 Å². The molecule has 3 aliphatic rings. The summed E-state index contributed by atoms with van der Waals surface area (Å²) in [6.45, 7) is 3.23. The molecule has 2 amide bonds. The van der Waals surface area contributed by atoms with Crippen LogP contribution in [0, 0.1) is 11.8 Å². The first-order valence-corrected chi connectivity index (χ1v) is 8.92. The zero-order valence-corrected chi connectivity index (χ0v) is 14.2. The van der Waals surface area contributed by atoms with Gasteiger partial charge in [0.05, 0.1) is 12.6 Å². The lowest BCUT2D eigenvalue weighted by atomic mass is 9.88. The Balaban J connectivity index is 1.47. The van der Waals surface area contributed by atoms with Gasteiger partial charge in [0.25, 0.3) is 0 Å². The lowest BCUT2D eigenvalue weighted by molar-refractivity contribution is -0.135. The third-order valence-electron chi connectivity index (χ3n) is 5.55. The lowest BCUT2D eigenvalue weighted by Gasteiger charge is -2.24. The van der Waals surface area contributed by atoms with E-state index in [-0.39, 0.29) is 30.2 Å². The molecule has 4 rings (SSSR count). The third kappa shape index (κ3) is 3.05. The van der Waals surface area contributed by atoms with Gasteiger partial charge in [0.1, 0.15) is 6.54 Å². The molecule has 128 valence electrons. The van der Waals surface area contributed by atoms with E-state index >= 15 is 0 Å². The lowest BCUT2D eigenvalue weighted by Crippen LogP contribution is -2.38. The molecule has 0 N–H and O–H groups in total. The highest BCUT2D eigenvalue weighted by molar-refractivity contribution is 5.89. The van der Waals surface area contributed by atoms with Crippen molar-refractivity contribution in [1.82, 2.24) is 14.7 Å². The average molecular weight is 327 g/mol. The van der Waals surface area contributed by atoms with Crippen LogP contribution in [0.5, 0.6) is 0 Å². The van der Waals surface area contributed by atoms with Crippen molar-refractivity contribution >= 4 is 11.8 Å². The molecule has 2 atom stereocenters. The molecule has 0 bridgehead atoms. The van der Waals surface area contributed by atoms with Crippen molar-refractivity contribution in [3.05, 3.63) is 35.9 Å². The van der Waals surface area contributed by atoms with Crippen molar-refractivity contribution in [3.63, 3.8) is 0 Å². The minimum Gasteiger partial charge on any atom is -0.323 e. The third-order valence-corrected chi connectivity index (χ3v) is 5.55. The summed E-state index contributed by atoms with van der Waals surface area (Å²) in [6.07, 6.45) is 2.45. The minimum absolute atomic E-state index is 0.0499. The summed E-state index contributed by atoms with van der Waals surface area (Å²) >= 11 is 0. The normalized spacial score (nSPS) is 28.0. The molecule has 5 heteroatoms. The minimum atomic E-state index is -0.0499. The van der Waals surface area contributed by atoms with E-state index in [2.05, 4.69) is 24.1 Å². The van der Waals surface area contributed by atoms with Crippen LogP contribution < -0.4 is 0 Å². The van der Waals surface area contributed by atoms with Crippen molar-refractivity contribution < 1.29 is 9.59 Å². The number of likely N-dealkylation sites (N-methyl/N-ethyl adjacent to an activating group) is 1. The Morgan fingerprint density at radius 3 is 2.62 bits per heavy atom. The van der Waals surface area contributed by atoms with Crippen molar-refractivity contribution in [3.8, 4) is 0 Å². The fraction of sp³-hybridized carbons (Fsp3) is 0.579. The molecule has 2 aliphatic heterocycles. The maximum Gasteiger partial charge on any atom is 0.243 e. The SMILES string of the molecule is CN1C[C@H](C(=O)N2CC(=O)N(CC3CC3)C2)[C@@H](c2ccccc2)C1. The number of carbonyl (C=O) groups excluding carboxylic acids is 2. The molecule has 3 fully saturated rings. The number of nitrogens with zero attached hydrogens (tertiary/aromatic N) is 3. The number of hydrogen-bond donors (Lipinski definition) is 0. The Bertz CT molecular complexity index is 629. The van der Waals surface area contributed by atoms with Crippen LogP contribution in [-0.2, 0) is 9.59 Å². The fourth-order valence-corrected chi connectivity index (χ4v) is 4.04. The number of benzene rings is 1. The van der Waals surface area contributed by atoms with Crippen LogP contribution in [-0.4, -0.2) is 66.4 Å². The smallest absolute Gasteiger partial charge is 0.243 e. The van der Waals surface area contributed by atoms with Crippen LogP contribution in [0.4, 0.5) is 0 Å². The molecule has 2 heterocycles. The molecule has 0 aromatic heterocycles. The number of carbonyl (C=O) groups is 2. The molecule has 1 aromatic rings. The predicted octanol–water partition coefficient (Wildman–Crippen LogP) is 1.37. The quantitative estimate of drug-likeness (QED) is 0.839. The maximum absolute atomic E-state index is 13.1. The zero-order valence-electron chi connectivity index (χ0n) is 14.2. The Hall–Kier alpha value is -1.88. The van der Waals surface area contributed by atoms with E-state index in [1.807, 2.05) is 23.1 Å². The molecule has 1 aliphatic carbocycles. The van der Waals surface area contributed by atoms with Gasteiger partial charge in [-0.05, 0) is 31.4 Å². The van der Waals surface area contributed by atoms with Gasteiger partial charge in [0, 0.05) is 25.6 Å². The maximum atomic E-state index is 13.1. The summed E-state index contributed by atoms with van der Waals surface area (Å²) in [5.74, 6) is 1.08. The highest BCUT2D eigenvalue weighted by Crippen LogP contribution is 2.34. The summed E-state index contributed by atoms with van der Waals surface area (Å²) in [4.78, 5) is 31.2. The van der Waals surface area contributed by atoms with Crippen molar-refractivity contribution in [2.45, 2.75) is 18.8 Å². The van der Waals surface area contributed by atoms with E-state index < -0.39 is 0 Å². The summed E-state index contributed by atoms with van der Waals surface area (Å²) in [6, 6.07) is 10.3. The number of hydrogen-bond acceptors (Lipinski definition) is 3. The van der Waals surface area contributed by atoms with Gasteiger partial charge in [-0.1, -0.05) is 30.3 Å². The zero-order chi connectivity index (χ0) is 16.7. The molecule has 0 spiro atoms. The van der Waals surface area contributed by atoms with Gasteiger partial charge in [0.2, 0.25) is 11.8 Å². The van der Waals surface area contributed by atoms with Gasteiger partial charge >= 0.3 is 0 Å². The van der Waals surface area contributed by atoms with E-state index in [1.54, 1.807) is 4.90 Å². The standard InChI is InChI=1S/C19H25N3O2/c1-20-10-16(15-5-3-2-4-6-15)17(11-20)19(24)22-12-18(23)21(13-22)9-14-7-8-14/h2-6,14,16-17H,7-13H2,1H3/t16-,17+/m1/s1. The largest absolute Gasteiger partial charge is 0.323 e. The molecule has 0 unspecified atom stereocenters. The van der Waals surface area contributed by atoms with Crippen LogP contribution in [0.15, 0.2) is 30.3 Å². The Kier molecular flexibility index (Phi) is 4.04. The predicted molar refractivity (Wildman–Crippen MR) is 91.2 cm³/mol. The average Bonchev–Trinajstić information content (AvgIpc) is 3.21. The van der Waals surface area contributed by atoms with Crippen LogP contribution in [0.3, 0.4) is 0 Å². The Morgan fingerprint density at radius 2 is 1.92 bits per heavy atom. The van der Waals surface area contributed by atoms with Crippen LogP contribution in [0.25, 0.3) is 0 Å². The van der Waals surface area contributed by atoms with E-state index in [9.17, 15) is 9.59 Å². The molecule has 0 radical (unpaired) electrons. The van der Waals surface area contributed by atoms with Gasteiger partial charge in [-0.25, -0.2) is 0 Å². The van der Waals surface area contributed by atoms with Crippen molar-refractivity contribution in [2.24, 2.45) is 11.8 Å².